The SMILES string of the molecule is CCCCCCCc1ccc(CC[C@H]2CC[C@H](CCc3ccc(CCc4ccc(Cl)cc4)c(F)c3)CC2)cc1. The molecule has 1 fully saturated rings. The first kappa shape index (κ1) is 29.9. The highest BCUT2D eigenvalue weighted by molar-refractivity contribution is 6.30. The maximum Gasteiger partial charge on any atom is 0.126 e. The average Bonchev–Trinajstić information content (AvgIpc) is 2.96. The Hall–Kier alpha value is -2.12. The van der Waals surface area contributed by atoms with E-state index in [0.29, 0.717) is 0 Å². The highest BCUT2D eigenvalue weighted by atomic mass is 35.5. The molecule has 0 N–H and O–H groups in total. The van der Waals surface area contributed by atoms with Crippen LogP contribution >= 0.6 is 11.6 Å². The van der Waals surface area contributed by atoms with Crippen LogP contribution in [0.1, 0.15) is 105 Å². The van der Waals surface area contributed by atoms with E-state index in [1.54, 1.807) is 6.07 Å². The largest absolute Gasteiger partial charge is 0.207 e. The van der Waals surface area contributed by atoms with E-state index in [9.17, 15) is 4.39 Å². The summed E-state index contributed by atoms with van der Waals surface area (Å²) in [4.78, 5) is 0. The molecule has 39 heavy (non-hydrogen) atoms. The van der Waals surface area contributed by atoms with E-state index < -0.39 is 0 Å². The normalized spacial score (nSPS) is 17.4. The third-order valence-corrected chi connectivity index (χ3v) is 9.21. The lowest BCUT2D eigenvalue weighted by atomic mass is 9.77. The second kappa shape index (κ2) is 16.2. The minimum absolute atomic E-state index is 0.0508. The van der Waals surface area contributed by atoms with E-state index in [2.05, 4.69) is 37.3 Å². The van der Waals surface area contributed by atoms with E-state index in [1.165, 1.54) is 100 Å². The van der Waals surface area contributed by atoms with Crippen molar-refractivity contribution in [2.45, 2.75) is 110 Å². The Kier molecular flexibility index (Phi) is 12.4. The molecule has 1 saturated carbocycles. The molecule has 0 aliphatic heterocycles. The maximum atomic E-state index is 14.8. The summed E-state index contributed by atoms with van der Waals surface area (Å²) in [5.41, 5.74) is 6.16. The van der Waals surface area contributed by atoms with E-state index in [4.69, 9.17) is 11.6 Å². The van der Waals surface area contributed by atoms with Gasteiger partial charge in [-0.3, -0.25) is 0 Å². The maximum absolute atomic E-state index is 14.8. The quantitative estimate of drug-likeness (QED) is 0.166. The molecule has 4 rings (SSSR count). The summed E-state index contributed by atoms with van der Waals surface area (Å²) in [5, 5.41) is 0.743. The summed E-state index contributed by atoms with van der Waals surface area (Å²) >= 11 is 5.97. The Bertz CT molecular complexity index is 1090. The lowest BCUT2D eigenvalue weighted by Crippen LogP contribution is -2.16. The minimum atomic E-state index is -0.0508. The summed E-state index contributed by atoms with van der Waals surface area (Å²) in [7, 11) is 0. The van der Waals surface area contributed by atoms with Gasteiger partial charge in [0.15, 0.2) is 0 Å². The van der Waals surface area contributed by atoms with Crippen LogP contribution in [0.4, 0.5) is 4.39 Å². The third-order valence-electron chi connectivity index (χ3n) is 8.95. The molecule has 0 aromatic heterocycles. The van der Waals surface area contributed by atoms with Gasteiger partial charge in [-0.15, -0.1) is 0 Å². The first-order chi connectivity index (χ1) is 19.1. The predicted octanol–water partition coefficient (Wildman–Crippen LogP) is 11.1. The molecule has 210 valence electrons. The molecule has 0 radical (unpaired) electrons. The van der Waals surface area contributed by atoms with Gasteiger partial charge in [0, 0.05) is 5.02 Å². The van der Waals surface area contributed by atoms with Gasteiger partial charge in [0.1, 0.15) is 5.82 Å². The molecule has 0 saturated heterocycles. The van der Waals surface area contributed by atoms with Crippen LogP contribution in [-0.4, -0.2) is 0 Å². The van der Waals surface area contributed by atoms with Gasteiger partial charge in [0.05, 0.1) is 0 Å². The number of rotatable bonds is 15. The van der Waals surface area contributed by atoms with Crippen LogP contribution in [0.2, 0.25) is 5.02 Å². The average molecular weight is 547 g/mol. The Morgan fingerprint density at radius 1 is 0.590 bits per heavy atom. The van der Waals surface area contributed by atoms with Gasteiger partial charge in [-0.05, 0) is 109 Å². The van der Waals surface area contributed by atoms with Crippen molar-refractivity contribution in [2.24, 2.45) is 11.8 Å². The second-order valence-electron chi connectivity index (χ2n) is 12.0. The fraction of sp³-hybridized carbons (Fsp3) is 0.514. The lowest BCUT2D eigenvalue weighted by Gasteiger charge is -2.28. The fourth-order valence-corrected chi connectivity index (χ4v) is 6.36. The van der Waals surface area contributed by atoms with Crippen molar-refractivity contribution in [1.82, 2.24) is 0 Å². The van der Waals surface area contributed by atoms with Gasteiger partial charge in [-0.2, -0.15) is 0 Å². The van der Waals surface area contributed by atoms with Crippen molar-refractivity contribution >= 4 is 11.6 Å². The molecule has 0 bridgehead atoms. The minimum Gasteiger partial charge on any atom is -0.207 e. The van der Waals surface area contributed by atoms with Gasteiger partial charge >= 0.3 is 0 Å². The molecule has 0 unspecified atom stereocenters. The number of halogens is 2. The Labute approximate surface area is 242 Å². The summed E-state index contributed by atoms with van der Waals surface area (Å²) in [6.45, 7) is 2.28. The molecule has 3 aromatic rings. The zero-order valence-corrected chi connectivity index (χ0v) is 24.8. The van der Waals surface area contributed by atoms with Crippen LogP contribution in [0.25, 0.3) is 0 Å². The van der Waals surface area contributed by atoms with E-state index in [0.717, 1.165) is 47.2 Å². The molecular weight excluding hydrogens is 499 g/mol. The molecule has 0 nitrogen and oxygen atoms in total. The number of unbranched alkanes of at least 4 members (excludes halogenated alkanes) is 4. The van der Waals surface area contributed by atoms with Crippen LogP contribution in [0.3, 0.4) is 0 Å². The summed E-state index contributed by atoms with van der Waals surface area (Å²) in [6.07, 6.45) is 19.7. The van der Waals surface area contributed by atoms with E-state index in [1.807, 2.05) is 30.3 Å². The van der Waals surface area contributed by atoms with Crippen molar-refractivity contribution < 1.29 is 4.39 Å². The molecule has 0 atom stereocenters. The van der Waals surface area contributed by atoms with Crippen molar-refractivity contribution in [2.75, 3.05) is 0 Å². The molecule has 1 aliphatic rings. The standard InChI is InChI=1S/C37H48ClF/c1-2-3-4-5-6-7-29-8-10-30(11-9-29)12-13-31-14-16-32(17-15-31)18-19-34-21-25-35(37(39)28-34)24-20-33-22-26-36(38)27-23-33/h8-11,21-23,25-28,31-32H,2-7,12-20,24H2,1H3/t31-,32-. The monoisotopic (exact) mass is 546 g/mol. The van der Waals surface area contributed by atoms with Crippen LogP contribution in [-0.2, 0) is 32.1 Å². The third kappa shape index (κ3) is 10.4. The van der Waals surface area contributed by atoms with E-state index in [-0.39, 0.29) is 5.82 Å². The lowest BCUT2D eigenvalue weighted by molar-refractivity contribution is 0.253. The molecule has 0 amide bonds. The van der Waals surface area contributed by atoms with Crippen LogP contribution in [0.5, 0.6) is 0 Å². The first-order valence-electron chi connectivity index (χ1n) is 15.7. The fourth-order valence-electron chi connectivity index (χ4n) is 6.23. The number of hydrogen-bond donors (Lipinski definition) is 0. The van der Waals surface area contributed by atoms with Crippen LogP contribution in [0.15, 0.2) is 66.7 Å². The van der Waals surface area contributed by atoms with Crippen molar-refractivity contribution in [1.29, 1.82) is 0 Å². The Morgan fingerprint density at radius 3 is 1.72 bits per heavy atom. The van der Waals surface area contributed by atoms with Gasteiger partial charge in [0.2, 0.25) is 0 Å². The summed E-state index contributed by atoms with van der Waals surface area (Å²) in [5.74, 6) is 1.62. The highest BCUT2D eigenvalue weighted by Gasteiger charge is 2.21. The van der Waals surface area contributed by atoms with Crippen molar-refractivity contribution in [3.05, 3.63) is 105 Å². The zero-order valence-electron chi connectivity index (χ0n) is 24.1. The summed E-state index contributed by atoms with van der Waals surface area (Å²) < 4.78 is 14.8. The number of benzene rings is 3. The van der Waals surface area contributed by atoms with Crippen LogP contribution in [0, 0.1) is 17.7 Å². The Morgan fingerprint density at radius 2 is 1.10 bits per heavy atom. The van der Waals surface area contributed by atoms with Gasteiger partial charge in [-0.25, -0.2) is 4.39 Å². The number of aryl methyl sites for hydroxylation is 5. The van der Waals surface area contributed by atoms with Crippen molar-refractivity contribution in [3.8, 4) is 0 Å². The predicted molar refractivity (Wildman–Crippen MR) is 166 cm³/mol. The first-order valence-corrected chi connectivity index (χ1v) is 16.1. The molecule has 1 aliphatic carbocycles. The molecular formula is C37H48ClF. The summed E-state index contributed by atoms with van der Waals surface area (Å²) in [6, 6.07) is 23.2. The molecule has 3 aromatic carbocycles. The number of hydrogen-bond acceptors (Lipinski definition) is 0. The molecule has 2 heteroatoms. The smallest absolute Gasteiger partial charge is 0.126 e. The van der Waals surface area contributed by atoms with Crippen LogP contribution < -0.4 is 0 Å². The van der Waals surface area contributed by atoms with E-state index >= 15 is 0 Å². The molecule has 0 heterocycles. The molecule has 0 spiro atoms. The Balaban J connectivity index is 1.11. The zero-order chi connectivity index (χ0) is 27.3. The topological polar surface area (TPSA) is 0 Å². The van der Waals surface area contributed by atoms with Gasteiger partial charge in [0.25, 0.3) is 0 Å². The van der Waals surface area contributed by atoms with Gasteiger partial charge in [-0.1, -0.05) is 118 Å². The highest BCUT2D eigenvalue weighted by Crippen LogP contribution is 2.34. The van der Waals surface area contributed by atoms with Gasteiger partial charge < -0.3 is 0 Å². The second-order valence-corrected chi connectivity index (χ2v) is 12.4. The van der Waals surface area contributed by atoms with Crippen molar-refractivity contribution in [3.63, 3.8) is 0 Å².